The van der Waals surface area contributed by atoms with E-state index in [0.29, 0.717) is 26.7 Å². The molecule has 1 aliphatic rings. The molecule has 0 saturated heterocycles. The molecule has 152 valence electrons. The summed E-state index contributed by atoms with van der Waals surface area (Å²) >= 11 is 16.1. The molecule has 0 saturated carbocycles. The topological polar surface area (TPSA) is 57.6 Å². The van der Waals surface area contributed by atoms with Crippen molar-refractivity contribution in [1.82, 2.24) is 4.90 Å². The molecule has 1 N–H and O–H groups in total. The quantitative estimate of drug-likeness (QED) is 0.452. The van der Waals surface area contributed by atoms with Crippen LogP contribution in [0.2, 0.25) is 10.0 Å². The van der Waals surface area contributed by atoms with E-state index < -0.39 is 17.9 Å². The second-order valence-corrected chi connectivity index (χ2v) is 8.74. The number of carboxylic acids is 1. The van der Waals surface area contributed by atoms with E-state index in [4.69, 9.17) is 23.2 Å². The minimum Gasteiger partial charge on any atom is -0.481 e. The summed E-state index contributed by atoms with van der Waals surface area (Å²) in [5.74, 6) is -2.24. The van der Waals surface area contributed by atoms with Crippen molar-refractivity contribution in [2.24, 2.45) is 0 Å². The van der Waals surface area contributed by atoms with Gasteiger partial charge in [0.1, 0.15) is 5.92 Å². The van der Waals surface area contributed by atoms with E-state index in [1.165, 1.54) is 0 Å². The zero-order chi connectivity index (χ0) is 21.4. The highest BCUT2D eigenvalue weighted by Gasteiger charge is 2.45. The van der Waals surface area contributed by atoms with Gasteiger partial charge in [0, 0.05) is 26.6 Å². The smallest absolute Gasteiger partial charge is 0.313 e. The Bertz CT molecular complexity index is 1150. The lowest BCUT2D eigenvalue weighted by molar-refractivity contribution is -0.140. The van der Waals surface area contributed by atoms with Crippen LogP contribution in [-0.2, 0) is 11.3 Å². The van der Waals surface area contributed by atoms with E-state index in [2.05, 4.69) is 15.9 Å². The summed E-state index contributed by atoms with van der Waals surface area (Å²) in [6.07, 6.45) is 0. The fourth-order valence-electron chi connectivity index (χ4n) is 3.93. The number of nitrogens with zero attached hydrogens (tertiary/aromatic N) is 1. The van der Waals surface area contributed by atoms with Gasteiger partial charge >= 0.3 is 5.97 Å². The number of carbonyl (C=O) groups excluding carboxylic acids is 1. The van der Waals surface area contributed by atoms with Crippen molar-refractivity contribution in [2.75, 3.05) is 0 Å². The van der Waals surface area contributed by atoms with Gasteiger partial charge in [-0.05, 0) is 41.0 Å². The van der Waals surface area contributed by atoms with Crippen LogP contribution < -0.4 is 0 Å². The molecule has 4 rings (SSSR count). The van der Waals surface area contributed by atoms with Crippen LogP contribution in [0.5, 0.6) is 0 Å². The van der Waals surface area contributed by atoms with Gasteiger partial charge in [-0.3, -0.25) is 9.59 Å². The standard InChI is InChI=1S/C23H16BrCl2NO3/c24-18-8-4-1-5-13(18)12-27-21(17-10-9-14(25)11-19(17)26)20(23(29)30)15-6-2-3-7-16(15)22(27)28/h1-11,20-21H,12H2,(H,29,30). The molecule has 0 bridgehead atoms. The molecular formula is C23H16BrCl2NO3. The molecule has 30 heavy (non-hydrogen) atoms. The number of hydrogen-bond donors (Lipinski definition) is 1. The molecule has 2 atom stereocenters. The van der Waals surface area contributed by atoms with E-state index in [0.717, 1.165) is 10.0 Å². The first-order chi connectivity index (χ1) is 14.4. The molecular weight excluding hydrogens is 489 g/mol. The first-order valence-corrected chi connectivity index (χ1v) is 10.7. The van der Waals surface area contributed by atoms with Crippen LogP contribution in [0.25, 0.3) is 0 Å². The van der Waals surface area contributed by atoms with Crippen LogP contribution in [0.4, 0.5) is 0 Å². The highest BCUT2D eigenvalue weighted by atomic mass is 79.9. The molecule has 0 aromatic heterocycles. The summed E-state index contributed by atoms with van der Waals surface area (Å²) in [6.45, 7) is 0.224. The molecule has 4 nitrogen and oxygen atoms in total. The lowest BCUT2D eigenvalue weighted by Crippen LogP contribution is -2.44. The maximum atomic E-state index is 13.5. The number of fused-ring (bicyclic) bond motifs is 1. The maximum absolute atomic E-state index is 13.5. The Morgan fingerprint density at radius 2 is 1.70 bits per heavy atom. The van der Waals surface area contributed by atoms with E-state index in [1.54, 1.807) is 47.4 Å². The number of hydrogen-bond acceptors (Lipinski definition) is 2. The highest BCUT2D eigenvalue weighted by molar-refractivity contribution is 9.10. The Morgan fingerprint density at radius 3 is 2.40 bits per heavy atom. The SMILES string of the molecule is O=C(O)C1c2ccccc2C(=O)N(Cc2ccccc2Br)C1c1ccc(Cl)cc1Cl. The van der Waals surface area contributed by atoms with Crippen LogP contribution in [0.1, 0.15) is 39.0 Å². The van der Waals surface area contributed by atoms with Crippen molar-refractivity contribution >= 4 is 51.0 Å². The van der Waals surface area contributed by atoms with Crippen molar-refractivity contribution < 1.29 is 14.7 Å². The fraction of sp³-hybridized carbons (Fsp3) is 0.130. The first kappa shape index (κ1) is 20.9. The zero-order valence-corrected chi connectivity index (χ0v) is 18.7. The maximum Gasteiger partial charge on any atom is 0.313 e. The summed E-state index contributed by atoms with van der Waals surface area (Å²) in [5, 5.41) is 10.9. The normalized spacial score (nSPS) is 18.2. The second-order valence-electron chi connectivity index (χ2n) is 7.04. The molecule has 0 spiro atoms. The summed E-state index contributed by atoms with van der Waals surface area (Å²) in [5.41, 5.74) is 2.28. The van der Waals surface area contributed by atoms with Gasteiger partial charge < -0.3 is 10.0 Å². The monoisotopic (exact) mass is 503 g/mol. The summed E-state index contributed by atoms with van der Waals surface area (Å²) in [7, 11) is 0. The van der Waals surface area contributed by atoms with Gasteiger partial charge in [-0.1, -0.05) is 81.6 Å². The number of halogens is 3. The third-order valence-corrected chi connectivity index (χ3v) is 6.62. The number of aliphatic carboxylic acids is 1. The molecule has 0 radical (unpaired) electrons. The molecule has 3 aromatic rings. The average molecular weight is 505 g/mol. The van der Waals surface area contributed by atoms with E-state index in [1.807, 2.05) is 24.3 Å². The van der Waals surface area contributed by atoms with Gasteiger partial charge in [0.05, 0.1) is 6.04 Å². The Balaban J connectivity index is 1.93. The van der Waals surface area contributed by atoms with Crippen molar-refractivity contribution in [3.05, 3.63) is 104 Å². The van der Waals surface area contributed by atoms with Gasteiger partial charge in [0.2, 0.25) is 0 Å². The number of carboxylic acid groups (broad SMARTS) is 1. The molecule has 0 fully saturated rings. The Kier molecular flexibility index (Phi) is 5.87. The van der Waals surface area contributed by atoms with Gasteiger partial charge in [0.15, 0.2) is 0 Å². The van der Waals surface area contributed by atoms with Crippen LogP contribution >= 0.6 is 39.1 Å². The number of amides is 1. The Hall–Kier alpha value is -2.34. The van der Waals surface area contributed by atoms with E-state index in [-0.39, 0.29) is 12.5 Å². The van der Waals surface area contributed by atoms with Crippen LogP contribution in [0.3, 0.4) is 0 Å². The third-order valence-electron chi connectivity index (χ3n) is 5.28. The lowest BCUT2D eigenvalue weighted by Gasteiger charge is -2.41. The van der Waals surface area contributed by atoms with Crippen molar-refractivity contribution in [3.63, 3.8) is 0 Å². The average Bonchev–Trinajstić information content (AvgIpc) is 2.71. The first-order valence-electron chi connectivity index (χ1n) is 9.19. The Morgan fingerprint density at radius 1 is 1.00 bits per heavy atom. The second kappa shape index (κ2) is 8.42. The van der Waals surface area contributed by atoms with Crippen LogP contribution in [-0.4, -0.2) is 21.9 Å². The van der Waals surface area contributed by atoms with E-state index in [9.17, 15) is 14.7 Å². The number of benzene rings is 3. The van der Waals surface area contributed by atoms with Crippen molar-refractivity contribution in [3.8, 4) is 0 Å². The fourth-order valence-corrected chi connectivity index (χ4v) is 4.86. The summed E-state index contributed by atoms with van der Waals surface area (Å²) < 4.78 is 0.837. The van der Waals surface area contributed by atoms with Crippen molar-refractivity contribution in [1.29, 1.82) is 0 Å². The lowest BCUT2D eigenvalue weighted by atomic mass is 9.79. The highest BCUT2D eigenvalue weighted by Crippen LogP contribution is 2.46. The molecule has 1 heterocycles. The molecule has 2 unspecified atom stereocenters. The summed E-state index contributed by atoms with van der Waals surface area (Å²) in [4.78, 5) is 27.5. The third kappa shape index (κ3) is 3.73. The molecule has 1 aliphatic heterocycles. The zero-order valence-electron chi connectivity index (χ0n) is 15.6. The predicted molar refractivity (Wildman–Crippen MR) is 120 cm³/mol. The predicted octanol–water partition coefficient (Wildman–Crippen LogP) is 6.32. The summed E-state index contributed by atoms with van der Waals surface area (Å²) in [6, 6.07) is 18.5. The number of rotatable bonds is 4. The van der Waals surface area contributed by atoms with Crippen LogP contribution in [0, 0.1) is 0 Å². The molecule has 7 heteroatoms. The largest absolute Gasteiger partial charge is 0.481 e. The van der Waals surface area contributed by atoms with Crippen LogP contribution in [0.15, 0.2) is 71.2 Å². The van der Waals surface area contributed by atoms with Gasteiger partial charge in [-0.25, -0.2) is 0 Å². The van der Waals surface area contributed by atoms with Gasteiger partial charge in [0.25, 0.3) is 5.91 Å². The minimum atomic E-state index is -1.02. The Labute approximate surface area is 192 Å². The number of carbonyl (C=O) groups is 2. The molecule has 3 aromatic carbocycles. The molecule has 0 aliphatic carbocycles. The van der Waals surface area contributed by atoms with Crippen molar-refractivity contribution in [2.45, 2.75) is 18.5 Å². The molecule has 1 amide bonds. The van der Waals surface area contributed by atoms with Gasteiger partial charge in [-0.2, -0.15) is 0 Å². The van der Waals surface area contributed by atoms with Gasteiger partial charge in [-0.15, -0.1) is 0 Å². The minimum absolute atomic E-state index is 0.224. The van der Waals surface area contributed by atoms with E-state index >= 15 is 0 Å².